The third-order valence-corrected chi connectivity index (χ3v) is 5.24. The predicted octanol–water partition coefficient (Wildman–Crippen LogP) is 1.40. The molecule has 0 saturated carbocycles. The van der Waals surface area contributed by atoms with Gasteiger partial charge in [-0.1, -0.05) is 36.8 Å². The molecule has 3 N–H and O–H groups in total. The molecule has 1 aliphatic rings. The SMILES string of the molecule is NC(CCNS(=O)(=O)N1CCCCC1)c1ccccc1. The fraction of sp³-hybridized carbons (Fsp3) is 0.571. The summed E-state index contributed by atoms with van der Waals surface area (Å²) in [7, 11) is -3.33. The van der Waals surface area contributed by atoms with Gasteiger partial charge in [-0.25, -0.2) is 4.72 Å². The second-order valence-corrected chi connectivity index (χ2v) is 6.92. The minimum absolute atomic E-state index is 0.139. The van der Waals surface area contributed by atoms with Gasteiger partial charge >= 0.3 is 0 Å². The molecule has 0 aliphatic carbocycles. The first-order valence-corrected chi connectivity index (χ1v) is 8.59. The Labute approximate surface area is 121 Å². The van der Waals surface area contributed by atoms with Gasteiger partial charge in [-0.15, -0.1) is 0 Å². The number of benzene rings is 1. The first-order chi connectivity index (χ1) is 9.59. The molecule has 1 unspecified atom stereocenters. The molecule has 112 valence electrons. The maximum atomic E-state index is 12.1. The minimum Gasteiger partial charge on any atom is -0.324 e. The highest BCUT2D eigenvalue weighted by Crippen LogP contribution is 2.14. The molecule has 1 heterocycles. The van der Waals surface area contributed by atoms with Crippen molar-refractivity contribution in [1.82, 2.24) is 9.03 Å². The van der Waals surface area contributed by atoms with Crippen LogP contribution in [0.15, 0.2) is 30.3 Å². The van der Waals surface area contributed by atoms with E-state index in [1.165, 1.54) is 4.31 Å². The second-order valence-electron chi connectivity index (χ2n) is 5.16. The van der Waals surface area contributed by atoms with Gasteiger partial charge in [-0.05, 0) is 24.8 Å². The van der Waals surface area contributed by atoms with Crippen molar-refractivity contribution in [1.29, 1.82) is 0 Å². The Hall–Kier alpha value is -0.950. The Morgan fingerprint density at radius 2 is 1.80 bits per heavy atom. The Kier molecular flexibility index (Phi) is 5.54. The second kappa shape index (κ2) is 7.17. The van der Waals surface area contributed by atoms with Gasteiger partial charge in [0.1, 0.15) is 0 Å². The van der Waals surface area contributed by atoms with E-state index in [2.05, 4.69) is 4.72 Å². The molecular weight excluding hydrogens is 274 g/mol. The van der Waals surface area contributed by atoms with Gasteiger partial charge in [-0.2, -0.15) is 12.7 Å². The van der Waals surface area contributed by atoms with Crippen LogP contribution in [0.1, 0.15) is 37.3 Å². The molecule has 5 nitrogen and oxygen atoms in total. The van der Waals surface area contributed by atoms with Crippen LogP contribution in [-0.4, -0.2) is 32.4 Å². The largest absolute Gasteiger partial charge is 0.324 e. The number of rotatable bonds is 6. The predicted molar refractivity (Wildman–Crippen MR) is 80.3 cm³/mol. The van der Waals surface area contributed by atoms with Crippen molar-refractivity contribution in [2.24, 2.45) is 5.73 Å². The molecule has 6 heteroatoms. The molecule has 20 heavy (non-hydrogen) atoms. The molecule has 0 spiro atoms. The van der Waals surface area contributed by atoms with Crippen molar-refractivity contribution >= 4 is 10.2 Å². The van der Waals surface area contributed by atoms with Crippen LogP contribution in [0.25, 0.3) is 0 Å². The summed E-state index contributed by atoms with van der Waals surface area (Å²) in [6, 6.07) is 9.60. The van der Waals surface area contributed by atoms with Crippen molar-refractivity contribution in [3.8, 4) is 0 Å². The van der Waals surface area contributed by atoms with E-state index in [0.29, 0.717) is 26.1 Å². The molecule has 0 aromatic heterocycles. The van der Waals surface area contributed by atoms with E-state index >= 15 is 0 Å². The molecule has 1 aromatic carbocycles. The highest BCUT2D eigenvalue weighted by molar-refractivity contribution is 7.87. The summed E-state index contributed by atoms with van der Waals surface area (Å²) in [5, 5.41) is 0. The lowest BCUT2D eigenvalue weighted by Gasteiger charge is -2.26. The van der Waals surface area contributed by atoms with Crippen molar-refractivity contribution in [2.75, 3.05) is 19.6 Å². The van der Waals surface area contributed by atoms with Crippen molar-refractivity contribution in [2.45, 2.75) is 31.7 Å². The average Bonchev–Trinajstić information content (AvgIpc) is 2.49. The number of nitrogens with two attached hydrogens (primary N) is 1. The average molecular weight is 297 g/mol. The molecule has 1 fully saturated rings. The lowest BCUT2D eigenvalue weighted by atomic mass is 10.1. The fourth-order valence-corrected chi connectivity index (χ4v) is 3.70. The molecule has 0 bridgehead atoms. The van der Waals surface area contributed by atoms with Crippen molar-refractivity contribution in [3.05, 3.63) is 35.9 Å². The Bertz CT molecular complexity index is 498. The van der Waals surface area contributed by atoms with Crippen LogP contribution in [0.5, 0.6) is 0 Å². The normalized spacial score (nSPS) is 18.9. The molecule has 1 atom stereocenters. The molecule has 1 saturated heterocycles. The van der Waals surface area contributed by atoms with E-state index < -0.39 is 10.2 Å². The quantitative estimate of drug-likeness (QED) is 0.833. The zero-order valence-electron chi connectivity index (χ0n) is 11.7. The van der Waals surface area contributed by atoms with Gasteiger partial charge in [0.2, 0.25) is 0 Å². The Morgan fingerprint density at radius 1 is 1.15 bits per heavy atom. The zero-order valence-corrected chi connectivity index (χ0v) is 12.5. The van der Waals surface area contributed by atoms with Crippen molar-refractivity contribution < 1.29 is 8.42 Å². The number of nitrogens with zero attached hydrogens (tertiary/aromatic N) is 1. The maximum Gasteiger partial charge on any atom is 0.279 e. The minimum atomic E-state index is -3.33. The van der Waals surface area contributed by atoms with Crippen LogP contribution in [0.3, 0.4) is 0 Å². The van der Waals surface area contributed by atoms with Gasteiger partial charge in [0.25, 0.3) is 10.2 Å². The monoisotopic (exact) mass is 297 g/mol. The molecule has 1 aromatic rings. The molecule has 0 radical (unpaired) electrons. The molecule has 0 amide bonds. The summed E-state index contributed by atoms with van der Waals surface area (Å²) in [4.78, 5) is 0. The Morgan fingerprint density at radius 3 is 2.45 bits per heavy atom. The number of nitrogens with one attached hydrogen (secondary N) is 1. The molecule has 1 aliphatic heterocycles. The van der Waals surface area contributed by atoms with E-state index in [-0.39, 0.29) is 6.04 Å². The number of hydrogen-bond donors (Lipinski definition) is 2. The van der Waals surface area contributed by atoms with Gasteiger partial charge in [-0.3, -0.25) is 0 Å². The topological polar surface area (TPSA) is 75.4 Å². The van der Waals surface area contributed by atoms with Crippen molar-refractivity contribution in [3.63, 3.8) is 0 Å². The van der Waals surface area contributed by atoms with Crippen LogP contribution >= 0.6 is 0 Å². The van der Waals surface area contributed by atoms with E-state index in [0.717, 1.165) is 24.8 Å². The molecular formula is C14H23N3O2S. The van der Waals surface area contributed by atoms with E-state index in [1.807, 2.05) is 30.3 Å². The van der Waals surface area contributed by atoms with Crippen LogP contribution in [-0.2, 0) is 10.2 Å². The summed E-state index contributed by atoms with van der Waals surface area (Å²) >= 11 is 0. The van der Waals surface area contributed by atoms with Crippen LogP contribution in [0.4, 0.5) is 0 Å². The highest BCUT2D eigenvalue weighted by atomic mass is 32.2. The third kappa shape index (κ3) is 4.28. The summed E-state index contributed by atoms with van der Waals surface area (Å²) in [6.45, 7) is 1.62. The smallest absolute Gasteiger partial charge is 0.279 e. The maximum absolute atomic E-state index is 12.1. The van der Waals surface area contributed by atoms with Crippen LogP contribution in [0.2, 0.25) is 0 Å². The van der Waals surface area contributed by atoms with Gasteiger partial charge in [0.05, 0.1) is 0 Å². The van der Waals surface area contributed by atoms with Gasteiger partial charge in [0.15, 0.2) is 0 Å². The molecule has 2 rings (SSSR count). The zero-order chi connectivity index (χ0) is 14.4. The van der Waals surface area contributed by atoms with E-state index in [4.69, 9.17) is 5.73 Å². The summed E-state index contributed by atoms with van der Waals surface area (Å²) < 4.78 is 28.3. The summed E-state index contributed by atoms with van der Waals surface area (Å²) in [5.74, 6) is 0. The summed E-state index contributed by atoms with van der Waals surface area (Å²) in [6.07, 6.45) is 3.61. The summed E-state index contributed by atoms with van der Waals surface area (Å²) in [5.41, 5.74) is 7.09. The van der Waals surface area contributed by atoms with Gasteiger partial charge < -0.3 is 5.73 Å². The van der Waals surface area contributed by atoms with E-state index in [1.54, 1.807) is 0 Å². The van der Waals surface area contributed by atoms with Crippen LogP contribution < -0.4 is 10.5 Å². The lowest BCUT2D eigenvalue weighted by Crippen LogP contribution is -2.44. The number of piperidine rings is 1. The number of hydrogen-bond acceptors (Lipinski definition) is 3. The van der Waals surface area contributed by atoms with Gasteiger partial charge in [0, 0.05) is 25.7 Å². The fourth-order valence-electron chi connectivity index (χ4n) is 2.41. The first-order valence-electron chi connectivity index (χ1n) is 7.15. The highest BCUT2D eigenvalue weighted by Gasteiger charge is 2.23. The van der Waals surface area contributed by atoms with Crippen LogP contribution in [0, 0.1) is 0 Å². The standard InChI is InChI=1S/C14H23N3O2S/c15-14(13-7-3-1-4-8-13)9-10-16-20(18,19)17-11-5-2-6-12-17/h1,3-4,7-8,14,16H,2,5-6,9-12,15H2. The lowest BCUT2D eigenvalue weighted by molar-refractivity contribution is 0.341. The van der Waals surface area contributed by atoms with E-state index in [9.17, 15) is 8.42 Å². The third-order valence-electron chi connectivity index (χ3n) is 3.62. The Balaban J connectivity index is 1.80. The first kappa shape index (κ1) is 15.4.